The Balaban J connectivity index is 1.31. The standard InChI is InChI=1S/C34H37N4OP/c1-23(31-14-7-8-15-32(31)39)18-34(38-25(3)33(40-4)22-36-38)35-21-26-10-9-13-30(19-26)37-24(2)28-17-16-27-11-5-6-12-29(27)20-28/h5-15,18-19,22,28,35,37,39-40H,1-2,16-17,20-21H2,3-4H3/b34-18-. The van der Waals surface area contributed by atoms with E-state index in [0.29, 0.717) is 32.2 Å². The SMILES string of the molecule is C=C(/C=C(/NCc1cccc(NC(=C)C2CCc3ccccc3C2)c1)n1ncc(PC)c1C)c1ccccc1O. The van der Waals surface area contributed by atoms with Crippen LogP contribution in [0.1, 0.15) is 34.4 Å². The number of fused-ring (bicyclic) bond motifs is 1. The Hall–Kier alpha value is -4.08. The number of aryl methyl sites for hydroxylation is 1. The number of benzene rings is 3. The van der Waals surface area contributed by atoms with Crippen molar-refractivity contribution in [1.82, 2.24) is 15.1 Å². The van der Waals surface area contributed by atoms with E-state index in [-0.39, 0.29) is 5.75 Å². The van der Waals surface area contributed by atoms with Crippen molar-refractivity contribution in [1.29, 1.82) is 0 Å². The van der Waals surface area contributed by atoms with Crippen LogP contribution in [0.4, 0.5) is 5.69 Å². The van der Waals surface area contributed by atoms with Crippen molar-refractivity contribution in [2.75, 3.05) is 12.0 Å². The molecule has 4 aromatic rings. The Morgan fingerprint density at radius 1 is 1.07 bits per heavy atom. The van der Waals surface area contributed by atoms with E-state index in [1.54, 1.807) is 6.07 Å². The van der Waals surface area contributed by atoms with Crippen molar-refractivity contribution in [2.24, 2.45) is 5.92 Å². The molecule has 0 spiro atoms. The zero-order chi connectivity index (χ0) is 28.1. The van der Waals surface area contributed by atoms with Crippen LogP contribution in [0.3, 0.4) is 0 Å². The van der Waals surface area contributed by atoms with Crippen LogP contribution in [-0.2, 0) is 19.4 Å². The molecule has 40 heavy (non-hydrogen) atoms. The lowest BCUT2D eigenvalue weighted by Crippen LogP contribution is -2.20. The average molecular weight is 549 g/mol. The number of aromatic nitrogens is 2. The Labute approximate surface area is 239 Å². The summed E-state index contributed by atoms with van der Waals surface area (Å²) in [5.41, 5.74) is 8.63. The van der Waals surface area contributed by atoms with Gasteiger partial charge in [-0.2, -0.15) is 5.10 Å². The fourth-order valence-electron chi connectivity index (χ4n) is 5.31. The molecule has 204 valence electrons. The number of nitrogens with one attached hydrogen (secondary N) is 2. The normalized spacial score (nSPS) is 15.2. The number of rotatable bonds is 10. The predicted octanol–water partition coefficient (Wildman–Crippen LogP) is 6.86. The van der Waals surface area contributed by atoms with E-state index in [0.717, 1.165) is 47.7 Å². The van der Waals surface area contributed by atoms with Crippen LogP contribution in [0.5, 0.6) is 5.75 Å². The number of hydrogen-bond donors (Lipinski definition) is 3. The smallest absolute Gasteiger partial charge is 0.128 e. The summed E-state index contributed by atoms with van der Waals surface area (Å²) < 4.78 is 1.92. The summed E-state index contributed by atoms with van der Waals surface area (Å²) in [7, 11) is 0.654. The quantitative estimate of drug-likeness (QED) is 0.150. The van der Waals surface area contributed by atoms with Gasteiger partial charge in [-0.05, 0) is 79.4 Å². The van der Waals surface area contributed by atoms with Crippen LogP contribution < -0.4 is 15.9 Å². The first-order valence-corrected chi connectivity index (χ1v) is 15.2. The molecular formula is C34H37N4OP. The van der Waals surface area contributed by atoms with Gasteiger partial charge in [-0.3, -0.25) is 0 Å². The van der Waals surface area contributed by atoms with Crippen LogP contribution in [0.2, 0.25) is 0 Å². The first-order chi connectivity index (χ1) is 19.4. The molecule has 5 rings (SSSR count). The maximum absolute atomic E-state index is 10.4. The van der Waals surface area contributed by atoms with Crippen molar-refractivity contribution in [3.8, 4) is 5.75 Å². The molecule has 2 unspecified atom stereocenters. The second-order valence-corrected chi connectivity index (χ2v) is 11.3. The summed E-state index contributed by atoms with van der Waals surface area (Å²) in [6.07, 6.45) is 7.11. The van der Waals surface area contributed by atoms with Gasteiger partial charge in [-0.1, -0.05) is 76.3 Å². The third-order valence-corrected chi connectivity index (χ3v) is 8.64. The molecule has 1 aromatic heterocycles. The highest BCUT2D eigenvalue weighted by Crippen LogP contribution is 2.30. The largest absolute Gasteiger partial charge is 0.507 e. The molecule has 0 saturated heterocycles. The molecule has 1 aliphatic carbocycles. The summed E-state index contributed by atoms with van der Waals surface area (Å²) in [5, 5.41) is 23.4. The number of allylic oxidation sites excluding steroid dienone is 3. The van der Waals surface area contributed by atoms with Crippen LogP contribution in [0.25, 0.3) is 11.4 Å². The minimum Gasteiger partial charge on any atom is -0.507 e. The Bertz CT molecular complexity index is 1570. The molecule has 0 saturated carbocycles. The van der Waals surface area contributed by atoms with E-state index in [4.69, 9.17) is 0 Å². The maximum Gasteiger partial charge on any atom is 0.128 e. The molecule has 0 amide bonds. The van der Waals surface area contributed by atoms with Gasteiger partial charge < -0.3 is 15.7 Å². The molecule has 6 heteroatoms. The van der Waals surface area contributed by atoms with Crippen molar-refractivity contribution in [3.05, 3.63) is 132 Å². The maximum atomic E-state index is 10.4. The molecule has 2 atom stereocenters. The Morgan fingerprint density at radius 3 is 2.62 bits per heavy atom. The van der Waals surface area contributed by atoms with Crippen LogP contribution >= 0.6 is 8.58 Å². The molecular weight excluding hydrogens is 511 g/mol. The first kappa shape index (κ1) is 27.5. The molecule has 1 aliphatic rings. The van der Waals surface area contributed by atoms with E-state index in [2.05, 4.69) is 91.0 Å². The van der Waals surface area contributed by atoms with Crippen molar-refractivity contribution in [2.45, 2.75) is 32.7 Å². The molecule has 0 bridgehead atoms. The van der Waals surface area contributed by atoms with Crippen molar-refractivity contribution in [3.63, 3.8) is 0 Å². The van der Waals surface area contributed by atoms with Crippen molar-refractivity contribution >= 4 is 31.0 Å². The zero-order valence-electron chi connectivity index (χ0n) is 23.2. The Morgan fingerprint density at radius 2 is 1.85 bits per heavy atom. The number of hydrogen-bond acceptors (Lipinski definition) is 4. The van der Waals surface area contributed by atoms with Crippen molar-refractivity contribution < 1.29 is 5.11 Å². The second-order valence-electron chi connectivity index (χ2n) is 10.3. The second kappa shape index (κ2) is 12.4. The van der Waals surface area contributed by atoms with Gasteiger partial charge in [0.15, 0.2) is 0 Å². The van der Waals surface area contributed by atoms with Gasteiger partial charge in [0.2, 0.25) is 0 Å². The molecule has 3 aromatic carbocycles. The van der Waals surface area contributed by atoms with Gasteiger partial charge in [-0.25, -0.2) is 4.68 Å². The molecule has 0 fully saturated rings. The van der Waals surface area contributed by atoms with E-state index < -0.39 is 0 Å². The van der Waals surface area contributed by atoms with E-state index in [1.165, 1.54) is 16.4 Å². The summed E-state index contributed by atoms with van der Waals surface area (Å²) in [6.45, 7) is 13.5. The van der Waals surface area contributed by atoms with Crippen LogP contribution in [-0.4, -0.2) is 21.6 Å². The number of anilines is 1. The number of nitrogens with zero attached hydrogens (tertiary/aromatic N) is 2. The summed E-state index contributed by atoms with van der Waals surface area (Å²) >= 11 is 0. The van der Waals surface area contributed by atoms with Crippen LogP contribution in [0, 0.1) is 12.8 Å². The van der Waals surface area contributed by atoms with E-state index in [1.807, 2.05) is 35.2 Å². The fourth-order valence-corrected chi connectivity index (χ4v) is 5.96. The van der Waals surface area contributed by atoms with E-state index >= 15 is 0 Å². The molecule has 1 heterocycles. The van der Waals surface area contributed by atoms with Gasteiger partial charge in [0.1, 0.15) is 11.6 Å². The minimum atomic E-state index is 0.205. The topological polar surface area (TPSA) is 62.1 Å². The fraction of sp³-hybridized carbons (Fsp3) is 0.206. The molecule has 3 N–H and O–H groups in total. The highest BCUT2D eigenvalue weighted by atomic mass is 31.1. The highest BCUT2D eigenvalue weighted by molar-refractivity contribution is 7.46. The number of phenolic OH excluding ortho intramolecular Hbond substituents is 1. The number of aromatic hydroxyl groups is 1. The van der Waals surface area contributed by atoms with Gasteiger partial charge in [0.25, 0.3) is 0 Å². The van der Waals surface area contributed by atoms with Crippen LogP contribution in [0.15, 0.2) is 104 Å². The monoisotopic (exact) mass is 548 g/mol. The van der Waals surface area contributed by atoms with Gasteiger partial charge in [0, 0.05) is 34.7 Å². The van der Waals surface area contributed by atoms with Gasteiger partial charge >= 0.3 is 0 Å². The lowest BCUT2D eigenvalue weighted by Gasteiger charge is -2.27. The lowest BCUT2D eigenvalue weighted by molar-refractivity contribution is 0.474. The molecule has 0 radical (unpaired) electrons. The average Bonchev–Trinajstić information content (AvgIpc) is 3.35. The third kappa shape index (κ3) is 6.21. The van der Waals surface area contributed by atoms with Gasteiger partial charge in [-0.15, -0.1) is 0 Å². The summed E-state index contributed by atoms with van der Waals surface area (Å²) in [5.74, 6) is 1.43. The zero-order valence-corrected chi connectivity index (χ0v) is 24.2. The highest BCUT2D eigenvalue weighted by Gasteiger charge is 2.21. The number of para-hydroxylation sites is 1. The number of phenols is 1. The molecule has 5 nitrogen and oxygen atoms in total. The first-order valence-electron chi connectivity index (χ1n) is 13.7. The lowest BCUT2D eigenvalue weighted by atomic mass is 9.82. The van der Waals surface area contributed by atoms with Gasteiger partial charge in [0.05, 0.1) is 11.9 Å². The summed E-state index contributed by atoms with van der Waals surface area (Å²) in [6, 6.07) is 24.4. The summed E-state index contributed by atoms with van der Waals surface area (Å²) in [4.78, 5) is 0. The third-order valence-electron chi connectivity index (χ3n) is 7.61. The minimum absolute atomic E-state index is 0.205. The predicted molar refractivity (Wildman–Crippen MR) is 170 cm³/mol. The van der Waals surface area contributed by atoms with E-state index in [9.17, 15) is 5.11 Å². The Kier molecular flexibility index (Phi) is 8.52. The molecule has 0 aliphatic heterocycles.